The normalized spacial score (nSPS) is 25.1. The van der Waals surface area contributed by atoms with Crippen molar-refractivity contribution in [3.8, 4) is 11.5 Å². The van der Waals surface area contributed by atoms with Crippen molar-refractivity contribution in [1.29, 1.82) is 0 Å². The van der Waals surface area contributed by atoms with Gasteiger partial charge in [-0.1, -0.05) is 11.2 Å². The van der Waals surface area contributed by atoms with E-state index in [4.69, 9.17) is 9.57 Å². The highest BCUT2D eigenvalue weighted by atomic mass is 16.6. The predicted molar refractivity (Wildman–Crippen MR) is 90.6 cm³/mol. The lowest BCUT2D eigenvalue weighted by molar-refractivity contribution is -0.0677. The lowest BCUT2D eigenvalue weighted by Crippen LogP contribution is -2.37. The first-order chi connectivity index (χ1) is 12.9. The zero-order chi connectivity index (χ0) is 19.6. The van der Waals surface area contributed by atoms with Crippen molar-refractivity contribution >= 4 is 6.21 Å². The maximum absolute atomic E-state index is 11.8. The molecule has 0 aliphatic carbocycles. The molecule has 5 N–H and O–H groups in total. The highest BCUT2D eigenvalue weighted by Gasteiger charge is 2.44. The van der Waals surface area contributed by atoms with Gasteiger partial charge in [-0.25, -0.2) is 4.79 Å². The largest absolute Gasteiger partial charge is 0.504 e. The zero-order valence-corrected chi connectivity index (χ0v) is 13.8. The minimum Gasteiger partial charge on any atom is -0.504 e. The van der Waals surface area contributed by atoms with E-state index < -0.39 is 35.8 Å². The van der Waals surface area contributed by atoms with Crippen LogP contribution in [0.2, 0.25) is 0 Å². The molecule has 0 spiro atoms. The van der Waals surface area contributed by atoms with Gasteiger partial charge >= 0.3 is 5.69 Å². The Balaban J connectivity index is 1.64. The number of phenols is 2. The molecule has 11 nitrogen and oxygen atoms in total. The number of hydrogen-bond donors (Lipinski definition) is 5. The molecule has 1 aromatic carbocycles. The van der Waals surface area contributed by atoms with Crippen LogP contribution >= 0.6 is 0 Å². The summed E-state index contributed by atoms with van der Waals surface area (Å²) in [5.41, 5.74) is -1.19. The third-order valence-electron chi connectivity index (χ3n) is 4.01. The number of aliphatic hydroxyl groups is 2. The van der Waals surface area contributed by atoms with E-state index >= 15 is 0 Å². The minimum atomic E-state index is -1.43. The lowest BCUT2D eigenvalue weighted by atomic mass is 10.1. The molecular weight excluding hydrogens is 362 g/mol. The number of aromatic hydroxyl groups is 2. The fourth-order valence-electron chi connectivity index (χ4n) is 2.59. The molecule has 4 unspecified atom stereocenters. The molecule has 1 saturated heterocycles. The third kappa shape index (κ3) is 3.84. The van der Waals surface area contributed by atoms with Gasteiger partial charge in [-0.2, -0.15) is 0 Å². The van der Waals surface area contributed by atoms with E-state index in [1.165, 1.54) is 18.2 Å². The Morgan fingerprint density at radius 3 is 2.74 bits per heavy atom. The van der Waals surface area contributed by atoms with Gasteiger partial charge in [-0.3, -0.25) is 14.3 Å². The summed E-state index contributed by atoms with van der Waals surface area (Å²) in [6.45, 7) is -0.261. The SMILES string of the molecule is O=c1ccn(C2OC(CON=Cc3cccc(O)c3O)C(O)C2O)c(=O)[nH]1. The fraction of sp³-hybridized carbons (Fsp3) is 0.312. The number of para-hydroxylation sites is 1. The first-order valence-electron chi connectivity index (χ1n) is 7.88. The highest BCUT2D eigenvalue weighted by molar-refractivity contribution is 5.84. The molecular formula is C16H17N3O8. The van der Waals surface area contributed by atoms with Crippen LogP contribution in [0.1, 0.15) is 11.8 Å². The topological polar surface area (TPSA) is 167 Å². The molecule has 2 heterocycles. The Bertz CT molecular complexity index is 953. The molecule has 0 saturated carbocycles. The van der Waals surface area contributed by atoms with Crippen molar-refractivity contribution in [2.24, 2.45) is 5.16 Å². The molecule has 0 amide bonds. The molecule has 1 fully saturated rings. The molecule has 1 aliphatic rings. The van der Waals surface area contributed by atoms with Crippen LogP contribution in [0, 0.1) is 0 Å². The Kier molecular flexibility index (Phi) is 5.26. The second-order valence-corrected chi connectivity index (χ2v) is 5.81. The number of benzene rings is 1. The number of oxime groups is 1. The molecule has 3 rings (SSSR count). The average Bonchev–Trinajstić information content (AvgIpc) is 2.90. The molecule has 11 heteroatoms. The molecule has 0 radical (unpaired) electrons. The highest BCUT2D eigenvalue weighted by Crippen LogP contribution is 2.29. The van der Waals surface area contributed by atoms with Crippen LogP contribution in [0.25, 0.3) is 0 Å². The van der Waals surface area contributed by atoms with Gasteiger partial charge in [0.2, 0.25) is 0 Å². The second kappa shape index (κ2) is 7.61. The molecule has 1 aliphatic heterocycles. The number of hydrogen-bond acceptors (Lipinski definition) is 9. The number of phenolic OH excluding ortho intramolecular Hbond substituents is 2. The number of ether oxygens (including phenoxy) is 1. The number of nitrogens with zero attached hydrogens (tertiary/aromatic N) is 2. The van der Waals surface area contributed by atoms with Crippen molar-refractivity contribution in [1.82, 2.24) is 9.55 Å². The van der Waals surface area contributed by atoms with Gasteiger partial charge in [-0.15, -0.1) is 0 Å². The van der Waals surface area contributed by atoms with E-state index in [0.29, 0.717) is 0 Å². The summed E-state index contributed by atoms with van der Waals surface area (Å²) in [6.07, 6.45) is -2.71. The quantitative estimate of drug-likeness (QED) is 0.241. The Morgan fingerprint density at radius 2 is 2.00 bits per heavy atom. The van der Waals surface area contributed by atoms with E-state index in [9.17, 15) is 30.0 Å². The van der Waals surface area contributed by atoms with E-state index in [0.717, 1.165) is 23.0 Å². The summed E-state index contributed by atoms with van der Waals surface area (Å²) in [5, 5.41) is 42.8. The van der Waals surface area contributed by atoms with Crippen LogP contribution in [0.15, 0.2) is 45.2 Å². The predicted octanol–water partition coefficient (Wildman–Crippen LogP) is -1.38. The molecule has 0 bridgehead atoms. The van der Waals surface area contributed by atoms with Crippen LogP contribution in [-0.4, -0.2) is 61.1 Å². The third-order valence-corrected chi connectivity index (χ3v) is 4.01. The molecule has 144 valence electrons. The fourth-order valence-corrected chi connectivity index (χ4v) is 2.59. The van der Waals surface area contributed by atoms with Gasteiger partial charge in [0.1, 0.15) is 24.9 Å². The van der Waals surface area contributed by atoms with Gasteiger partial charge in [0.05, 0.1) is 6.21 Å². The Hall–Kier alpha value is -3.15. The number of rotatable bonds is 5. The number of H-pyrrole nitrogens is 1. The van der Waals surface area contributed by atoms with Gasteiger partial charge in [-0.05, 0) is 12.1 Å². The molecule has 4 atom stereocenters. The molecule has 1 aromatic heterocycles. The lowest BCUT2D eigenvalue weighted by Gasteiger charge is -2.16. The van der Waals surface area contributed by atoms with Gasteiger partial charge in [0, 0.05) is 17.8 Å². The smallest absolute Gasteiger partial charge is 0.330 e. The van der Waals surface area contributed by atoms with E-state index in [2.05, 4.69) is 5.16 Å². The number of nitrogens with one attached hydrogen (secondary N) is 1. The van der Waals surface area contributed by atoms with E-state index in [-0.39, 0.29) is 23.7 Å². The van der Waals surface area contributed by atoms with Crippen LogP contribution in [-0.2, 0) is 9.57 Å². The van der Waals surface area contributed by atoms with Gasteiger partial charge in [0.15, 0.2) is 17.7 Å². The van der Waals surface area contributed by atoms with Crippen LogP contribution in [0.3, 0.4) is 0 Å². The number of aliphatic hydroxyl groups excluding tert-OH is 2. The van der Waals surface area contributed by atoms with Gasteiger partial charge in [0.25, 0.3) is 5.56 Å². The van der Waals surface area contributed by atoms with Gasteiger partial charge < -0.3 is 30.0 Å². The molecule has 27 heavy (non-hydrogen) atoms. The first-order valence-corrected chi connectivity index (χ1v) is 7.88. The minimum absolute atomic E-state index is 0.209. The summed E-state index contributed by atoms with van der Waals surface area (Å²) >= 11 is 0. The second-order valence-electron chi connectivity index (χ2n) is 5.81. The summed E-state index contributed by atoms with van der Waals surface area (Å²) in [5.74, 6) is -0.680. The number of aromatic amines is 1. The van der Waals surface area contributed by atoms with Crippen LogP contribution < -0.4 is 11.2 Å². The maximum atomic E-state index is 11.8. The van der Waals surface area contributed by atoms with Crippen LogP contribution in [0.5, 0.6) is 11.5 Å². The monoisotopic (exact) mass is 379 g/mol. The van der Waals surface area contributed by atoms with Crippen molar-refractivity contribution < 1.29 is 30.0 Å². The number of aromatic nitrogens is 2. The summed E-state index contributed by atoms with van der Waals surface area (Å²) < 4.78 is 6.39. The Labute approximate surface area is 151 Å². The summed E-state index contributed by atoms with van der Waals surface area (Å²) in [7, 11) is 0. The average molecular weight is 379 g/mol. The Morgan fingerprint density at radius 1 is 1.22 bits per heavy atom. The first kappa shape index (κ1) is 18.6. The standard InChI is InChI=1S/C16H17N3O8/c20-9-3-1-2-8(12(9)22)6-17-26-7-10-13(23)14(24)15(27-10)19-5-4-11(21)18-16(19)25/h1-6,10,13-15,20,22-24H,7H2,(H,18,21,25). The van der Waals surface area contributed by atoms with E-state index in [1.807, 2.05) is 4.98 Å². The van der Waals surface area contributed by atoms with E-state index in [1.54, 1.807) is 0 Å². The van der Waals surface area contributed by atoms with Crippen molar-refractivity contribution in [2.75, 3.05) is 6.61 Å². The zero-order valence-electron chi connectivity index (χ0n) is 13.8. The van der Waals surface area contributed by atoms with Crippen LogP contribution in [0.4, 0.5) is 0 Å². The molecule has 2 aromatic rings. The van der Waals surface area contributed by atoms with Crippen molar-refractivity contribution in [3.63, 3.8) is 0 Å². The summed E-state index contributed by atoms with van der Waals surface area (Å²) in [4.78, 5) is 29.9. The van der Waals surface area contributed by atoms with Crippen molar-refractivity contribution in [3.05, 3.63) is 56.9 Å². The maximum Gasteiger partial charge on any atom is 0.330 e. The summed E-state index contributed by atoms with van der Waals surface area (Å²) in [6, 6.07) is 5.38. The van der Waals surface area contributed by atoms with Crippen molar-refractivity contribution in [2.45, 2.75) is 24.5 Å².